The van der Waals surface area contributed by atoms with Gasteiger partial charge < -0.3 is 9.30 Å². The Hall–Kier alpha value is -3.86. The molecule has 4 rings (SSSR count). The van der Waals surface area contributed by atoms with Gasteiger partial charge in [0.1, 0.15) is 17.4 Å². The second-order valence-electron chi connectivity index (χ2n) is 6.96. The molecule has 7 nitrogen and oxygen atoms in total. The van der Waals surface area contributed by atoms with Crippen LogP contribution >= 0.6 is 0 Å². The zero-order valence-electron chi connectivity index (χ0n) is 17.1. The van der Waals surface area contributed by atoms with Gasteiger partial charge in [-0.2, -0.15) is 18.2 Å². The number of halogens is 3. The van der Waals surface area contributed by atoms with Gasteiger partial charge in [-0.1, -0.05) is 0 Å². The van der Waals surface area contributed by atoms with Crippen molar-refractivity contribution in [2.24, 2.45) is 0 Å². The monoisotopic (exact) mass is 474 g/mol. The van der Waals surface area contributed by atoms with E-state index in [4.69, 9.17) is 4.74 Å². The summed E-state index contributed by atoms with van der Waals surface area (Å²) in [6, 6.07) is 14.7. The molecule has 0 spiro atoms. The van der Waals surface area contributed by atoms with Crippen molar-refractivity contribution in [3.63, 3.8) is 0 Å². The zero-order valence-corrected chi connectivity index (χ0v) is 17.9. The highest BCUT2D eigenvalue weighted by Crippen LogP contribution is 2.30. The van der Waals surface area contributed by atoms with Crippen molar-refractivity contribution in [3.8, 4) is 17.4 Å². The summed E-state index contributed by atoms with van der Waals surface area (Å²) >= 11 is 0. The minimum atomic E-state index is -4.55. The highest BCUT2D eigenvalue weighted by atomic mass is 32.2. The SMILES string of the molecule is Cc1nc(Oc2ccc(NS(=O)(=O)c3ccc(C(F)(F)F)cc3)cc2)cc(-n2cccc2)n1. The summed E-state index contributed by atoms with van der Waals surface area (Å²) in [6.07, 6.45) is -0.872. The van der Waals surface area contributed by atoms with Crippen molar-refractivity contribution in [1.82, 2.24) is 14.5 Å². The first kappa shape index (κ1) is 22.3. The molecule has 0 saturated heterocycles. The van der Waals surface area contributed by atoms with E-state index in [-0.39, 0.29) is 10.6 Å². The Balaban J connectivity index is 1.48. The molecule has 11 heteroatoms. The highest BCUT2D eigenvalue weighted by molar-refractivity contribution is 7.92. The van der Waals surface area contributed by atoms with Crippen molar-refractivity contribution in [2.75, 3.05) is 4.72 Å². The molecule has 0 amide bonds. The number of anilines is 1. The lowest BCUT2D eigenvalue weighted by molar-refractivity contribution is -0.137. The van der Waals surface area contributed by atoms with E-state index < -0.39 is 21.8 Å². The maximum atomic E-state index is 12.7. The second kappa shape index (κ2) is 8.58. The molecule has 1 N–H and O–H groups in total. The van der Waals surface area contributed by atoms with Gasteiger partial charge in [-0.3, -0.25) is 4.72 Å². The summed E-state index contributed by atoms with van der Waals surface area (Å²) in [7, 11) is -4.07. The first-order chi connectivity index (χ1) is 15.6. The maximum Gasteiger partial charge on any atom is 0.416 e. The number of alkyl halides is 3. The number of benzene rings is 2. The number of hydrogen-bond donors (Lipinski definition) is 1. The molecular formula is C22H17F3N4O3S. The van der Waals surface area contributed by atoms with Gasteiger partial charge in [0.15, 0.2) is 0 Å². The van der Waals surface area contributed by atoms with E-state index in [0.717, 1.165) is 24.3 Å². The van der Waals surface area contributed by atoms with Crippen molar-refractivity contribution in [1.29, 1.82) is 0 Å². The van der Waals surface area contributed by atoms with Gasteiger partial charge in [0.25, 0.3) is 10.0 Å². The Morgan fingerprint density at radius 1 is 0.939 bits per heavy atom. The van der Waals surface area contributed by atoms with E-state index in [1.165, 1.54) is 24.3 Å². The molecule has 0 radical (unpaired) electrons. The van der Waals surface area contributed by atoms with E-state index in [1.807, 2.05) is 24.5 Å². The molecule has 0 saturated carbocycles. The molecule has 0 atom stereocenters. The van der Waals surface area contributed by atoms with Crippen molar-refractivity contribution in [3.05, 3.63) is 90.5 Å². The van der Waals surface area contributed by atoms with E-state index >= 15 is 0 Å². The average Bonchev–Trinajstić information content (AvgIpc) is 3.29. The van der Waals surface area contributed by atoms with E-state index in [1.54, 1.807) is 17.6 Å². The third kappa shape index (κ3) is 5.32. The van der Waals surface area contributed by atoms with Crippen LogP contribution in [0.4, 0.5) is 18.9 Å². The van der Waals surface area contributed by atoms with Gasteiger partial charge in [-0.25, -0.2) is 13.4 Å². The summed E-state index contributed by atoms with van der Waals surface area (Å²) in [5.41, 5.74) is -0.711. The first-order valence-electron chi connectivity index (χ1n) is 9.57. The Morgan fingerprint density at radius 3 is 2.18 bits per heavy atom. The molecule has 33 heavy (non-hydrogen) atoms. The van der Waals surface area contributed by atoms with Crippen LogP contribution in [-0.2, 0) is 16.2 Å². The second-order valence-corrected chi connectivity index (χ2v) is 8.64. The smallest absolute Gasteiger partial charge is 0.416 e. The lowest BCUT2D eigenvalue weighted by atomic mass is 10.2. The van der Waals surface area contributed by atoms with E-state index in [9.17, 15) is 21.6 Å². The quantitative estimate of drug-likeness (QED) is 0.416. The number of aromatic nitrogens is 3. The van der Waals surface area contributed by atoms with Gasteiger partial charge in [0, 0.05) is 24.1 Å². The molecule has 0 aliphatic heterocycles. The average molecular weight is 474 g/mol. The maximum absolute atomic E-state index is 12.7. The van der Waals surface area contributed by atoms with Crippen LogP contribution in [0.2, 0.25) is 0 Å². The van der Waals surface area contributed by atoms with Crippen LogP contribution in [0.3, 0.4) is 0 Å². The predicted octanol–water partition coefficient (Wildman–Crippen LogP) is 5.19. The Labute approximate surface area is 187 Å². The molecule has 2 aromatic carbocycles. The van der Waals surface area contributed by atoms with Gasteiger partial charge in [-0.15, -0.1) is 0 Å². The van der Waals surface area contributed by atoms with Crippen LogP contribution in [0.5, 0.6) is 11.6 Å². The molecule has 2 aromatic heterocycles. The molecule has 0 aliphatic rings. The number of hydrogen-bond acceptors (Lipinski definition) is 5. The van der Waals surface area contributed by atoms with Crippen LogP contribution in [0.15, 0.2) is 84.0 Å². The van der Waals surface area contributed by atoms with Gasteiger partial charge in [-0.05, 0) is 67.6 Å². The number of ether oxygens (including phenoxy) is 1. The fourth-order valence-electron chi connectivity index (χ4n) is 2.95. The third-order valence-electron chi connectivity index (χ3n) is 4.49. The summed E-state index contributed by atoms with van der Waals surface area (Å²) in [6.45, 7) is 1.74. The number of aryl methyl sites for hydroxylation is 1. The zero-order chi connectivity index (χ0) is 23.6. The lowest BCUT2D eigenvalue weighted by Crippen LogP contribution is -2.13. The van der Waals surface area contributed by atoms with Gasteiger partial charge in [0.05, 0.1) is 10.5 Å². The number of rotatable bonds is 6. The first-order valence-corrected chi connectivity index (χ1v) is 11.1. The molecule has 2 heterocycles. The van der Waals surface area contributed by atoms with Crippen LogP contribution in [0.1, 0.15) is 11.4 Å². The Morgan fingerprint density at radius 2 is 1.58 bits per heavy atom. The largest absolute Gasteiger partial charge is 0.439 e. The summed E-state index contributed by atoms with van der Waals surface area (Å²) in [4.78, 5) is 8.31. The Kier molecular flexibility index (Phi) is 5.81. The van der Waals surface area contributed by atoms with Crippen LogP contribution in [-0.4, -0.2) is 23.0 Å². The molecule has 0 fully saturated rings. The standard InChI is InChI=1S/C22H17F3N4O3S/c1-15-26-20(29-12-2-3-13-29)14-21(27-15)32-18-8-6-17(7-9-18)28-33(30,31)19-10-4-16(5-11-19)22(23,24)25/h2-14,28H,1H3. The van der Waals surface area contributed by atoms with Crippen molar-refractivity contribution >= 4 is 15.7 Å². The fraction of sp³-hybridized carbons (Fsp3) is 0.0909. The highest BCUT2D eigenvalue weighted by Gasteiger charge is 2.30. The molecular weight excluding hydrogens is 457 g/mol. The molecule has 0 bridgehead atoms. The normalized spacial score (nSPS) is 11.9. The Bertz CT molecular complexity index is 1350. The fourth-order valence-corrected chi connectivity index (χ4v) is 4.00. The number of nitrogens with zero attached hydrogens (tertiary/aromatic N) is 3. The minimum Gasteiger partial charge on any atom is -0.439 e. The van der Waals surface area contributed by atoms with Crippen LogP contribution in [0.25, 0.3) is 5.82 Å². The molecule has 4 aromatic rings. The third-order valence-corrected chi connectivity index (χ3v) is 5.89. The molecule has 0 unspecified atom stereocenters. The lowest BCUT2D eigenvalue weighted by Gasteiger charge is -2.11. The topological polar surface area (TPSA) is 86.1 Å². The van der Waals surface area contributed by atoms with Crippen molar-refractivity contribution < 1.29 is 26.3 Å². The summed E-state index contributed by atoms with van der Waals surface area (Å²) in [5.74, 6) is 1.86. The number of sulfonamides is 1. The minimum absolute atomic E-state index is 0.217. The van der Waals surface area contributed by atoms with Crippen LogP contribution in [0, 0.1) is 6.92 Å². The van der Waals surface area contributed by atoms with Gasteiger partial charge in [0.2, 0.25) is 5.88 Å². The van der Waals surface area contributed by atoms with Crippen molar-refractivity contribution in [2.45, 2.75) is 18.0 Å². The van der Waals surface area contributed by atoms with Gasteiger partial charge >= 0.3 is 6.18 Å². The summed E-state index contributed by atoms with van der Waals surface area (Å²) in [5, 5.41) is 0. The molecule has 0 aliphatic carbocycles. The molecule has 170 valence electrons. The van der Waals surface area contributed by atoms with E-state index in [0.29, 0.717) is 23.3 Å². The van der Waals surface area contributed by atoms with E-state index in [2.05, 4.69) is 14.7 Å². The predicted molar refractivity (Wildman–Crippen MR) is 115 cm³/mol. The summed E-state index contributed by atoms with van der Waals surface area (Å²) < 4.78 is 72.9. The van der Waals surface area contributed by atoms with Crippen LogP contribution < -0.4 is 9.46 Å². The number of nitrogens with one attached hydrogen (secondary N) is 1.